The van der Waals surface area contributed by atoms with Gasteiger partial charge in [0.05, 0.1) is 17.8 Å². The van der Waals surface area contributed by atoms with E-state index in [1.807, 2.05) is 18.2 Å². The maximum absolute atomic E-state index is 9.26. The predicted molar refractivity (Wildman–Crippen MR) is 118 cm³/mol. The summed E-state index contributed by atoms with van der Waals surface area (Å²) in [5.41, 5.74) is 2.99. The quantitative estimate of drug-likeness (QED) is 0.411. The highest BCUT2D eigenvalue weighted by atomic mass is 32.1. The van der Waals surface area contributed by atoms with E-state index >= 15 is 0 Å². The third-order valence-electron chi connectivity index (χ3n) is 4.70. The number of fused-ring (bicyclic) bond motifs is 1. The second kappa shape index (κ2) is 9.48. The molecule has 0 bridgehead atoms. The lowest BCUT2D eigenvalue weighted by atomic mass is 10.1. The maximum atomic E-state index is 9.26. The largest absolute Gasteiger partial charge is 0.385 e. The molecule has 7 nitrogen and oxygen atoms in total. The number of hydrogen-bond acceptors (Lipinski definition) is 7. The average molecular weight is 419 g/mol. The van der Waals surface area contributed by atoms with Crippen molar-refractivity contribution in [3.05, 3.63) is 58.4 Å². The Morgan fingerprint density at radius 1 is 1.23 bits per heavy atom. The number of nitrogens with one attached hydrogen (secondary N) is 1. The van der Waals surface area contributed by atoms with Crippen molar-refractivity contribution in [3.8, 4) is 17.5 Å². The van der Waals surface area contributed by atoms with Gasteiger partial charge in [0.15, 0.2) is 5.65 Å². The number of anilines is 1. The fourth-order valence-electron chi connectivity index (χ4n) is 3.28. The minimum absolute atomic E-state index is 0.587. The van der Waals surface area contributed by atoms with Crippen molar-refractivity contribution in [2.45, 2.75) is 19.4 Å². The summed E-state index contributed by atoms with van der Waals surface area (Å²) in [4.78, 5) is 15.3. The molecule has 30 heavy (non-hydrogen) atoms. The maximum Gasteiger partial charge on any atom is 0.224 e. The lowest BCUT2D eigenvalue weighted by Gasteiger charge is -2.09. The van der Waals surface area contributed by atoms with Gasteiger partial charge < -0.3 is 14.6 Å². The zero-order valence-corrected chi connectivity index (χ0v) is 17.5. The van der Waals surface area contributed by atoms with Gasteiger partial charge in [-0.3, -0.25) is 0 Å². The number of aromatic nitrogens is 4. The Labute approximate surface area is 179 Å². The molecule has 0 spiro atoms. The highest BCUT2D eigenvalue weighted by Crippen LogP contribution is 2.25. The number of aryl methyl sites for hydroxylation is 1. The first-order valence-electron chi connectivity index (χ1n) is 9.77. The number of nitrogens with zero attached hydrogens (tertiary/aromatic N) is 5. The number of benzene rings is 1. The molecule has 1 aromatic carbocycles. The van der Waals surface area contributed by atoms with Gasteiger partial charge in [0.1, 0.15) is 11.3 Å². The molecule has 0 saturated carbocycles. The van der Waals surface area contributed by atoms with E-state index < -0.39 is 0 Å². The number of rotatable bonds is 9. The van der Waals surface area contributed by atoms with Crippen LogP contribution in [0, 0.1) is 11.3 Å². The molecule has 0 aliphatic heterocycles. The summed E-state index contributed by atoms with van der Waals surface area (Å²) in [5.74, 6) is 1.37. The topological polar surface area (TPSA) is 88.7 Å². The molecule has 0 fully saturated rings. The average Bonchev–Trinajstić information content (AvgIpc) is 3.42. The zero-order chi connectivity index (χ0) is 20.8. The molecule has 0 saturated heterocycles. The Morgan fingerprint density at radius 2 is 2.17 bits per heavy atom. The van der Waals surface area contributed by atoms with Crippen LogP contribution in [0.1, 0.15) is 16.9 Å². The molecule has 0 aliphatic carbocycles. The van der Waals surface area contributed by atoms with E-state index in [-0.39, 0.29) is 0 Å². The fourth-order valence-corrected chi connectivity index (χ4v) is 3.99. The van der Waals surface area contributed by atoms with E-state index in [1.54, 1.807) is 30.7 Å². The number of thiophene rings is 1. The normalized spacial score (nSPS) is 10.9. The van der Waals surface area contributed by atoms with Gasteiger partial charge >= 0.3 is 0 Å². The Bertz CT molecular complexity index is 1160. The number of hydrogen-bond donors (Lipinski definition) is 1. The van der Waals surface area contributed by atoms with E-state index in [2.05, 4.69) is 38.4 Å². The van der Waals surface area contributed by atoms with Gasteiger partial charge in [0, 0.05) is 37.2 Å². The summed E-state index contributed by atoms with van der Waals surface area (Å²) in [7, 11) is 1.70. The molecule has 4 aromatic rings. The minimum atomic E-state index is 0.587. The van der Waals surface area contributed by atoms with Gasteiger partial charge in [-0.1, -0.05) is 18.2 Å². The summed E-state index contributed by atoms with van der Waals surface area (Å²) < 4.78 is 7.31. The smallest absolute Gasteiger partial charge is 0.224 e. The van der Waals surface area contributed by atoms with Crippen LogP contribution in [0.3, 0.4) is 0 Å². The molecule has 3 aromatic heterocycles. The molecule has 8 heteroatoms. The van der Waals surface area contributed by atoms with E-state index in [4.69, 9.17) is 14.7 Å². The Morgan fingerprint density at radius 3 is 2.97 bits per heavy atom. The van der Waals surface area contributed by atoms with Gasteiger partial charge in [-0.25, -0.2) is 9.97 Å². The first kappa shape index (κ1) is 20.0. The Balaban J connectivity index is 1.65. The lowest BCUT2D eigenvalue weighted by molar-refractivity contribution is 0.191. The minimum Gasteiger partial charge on any atom is -0.385 e. The number of ether oxygens (including phenoxy) is 1. The second-order valence-corrected chi connectivity index (χ2v) is 7.82. The van der Waals surface area contributed by atoms with E-state index in [0.29, 0.717) is 24.7 Å². The van der Waals surface area contributed by atoms with Gasteiger partial charge in [-0.15, -0.1) is 11.3 Å². The molecule has 0 atom stereocenters. The molecule has 0 aliphatic rings. The van der Waals surface area contributed by atoms with Crippen LogP contribution in [0.25, 0.3) is 22.6 Å². The van der Waals surface area contributed by atoms with Crippen molar-refractivity contribution >= 4 is 28.4 Å². The highest BCUT2D eigenvalue weighted by molar-refractivity contribution is 7.09. The van der Waals surface area contributed by atoms with Crippen molar-refractivity contribution in [3.63, 3.8) is 0 Å². The van der Waals surface area contributed by atoms with Crippen molar-refractivity contribution in [1.82, 2.24) is 19.5 Å². The molecule has 4 rings (SSSR count). The van der Waals surface area contributed by atoms with Crippen molar-refractivity contribution in [2.24, 2.45) is 0 Å². The first-order chi connectivity index (χ1) is 14.8. The third kappa shape index (κ3) is 4.48. The predicted octanol–water partition coefficient (Wildman–Crippen LogP) is 4.12. The lowest BCUT2D eigenvalue weighted by Crippen LogP contribution is -2.09. The summed E-state index contributed by atoms with van der Waals surface area (Å²) >= 11 is 1.75. The summed E-state index contributed by atoms with van der Waals surface area (Å²) in [6.07, 6.45) is 3.51. The van der Waals surface area contributed by atoms with Crippen molar-refractivity contribution in [1.29, 1.82) is 5.26 Å². The van der Waals surface area contributed by atoms with Crippen LogP contribution < -0.4 is 5.32 Å². The molecule has 0 amide bonds. The van der Waals surface area contributed by atoms with Crippen LogP contribution >= 0.6 is 11.3 Å². The second-order valence-electron chi connectivity index (χ2n) is 6.78. The summed E-state index contributed by atoms with van der Waals surface area (Å²) in [5, 5.41) is 14.7. The number of nitriles is 1. The van der Waals surface area contributed by atoms with Crippen LogP contribution in [0.4, 0.5) is 5.95 Å². The summed E-state index contributed by atoms with van der Waals surface area (Å²) in [6.45, 7) is 2.12. The van der Waals surface area contributed by atoms with Crippen molar-refractivity contribution < 1.29 is 4.74 Å². The Hall–Kier alpha value is -3.28. The molecule has 0 radical (unpaired) electrons. The third-order valence-corrected chi connectivity index (χ3v) is 5.64. The fraction of sp³-hybridized carbons (Fsp3) is 0.273. The van der Waals surface area contributed by atoms with E-state index in [0.717, 1.165) is 41.9 Å². The van der Waals surface area contributed by atoms with Crippen LogP contribution in [0.15, 0.2) is 48.0 Å². The molecular formula is C22H22N6OS. The number of imidazole rings is 1. The molecule has 152 valence electrons. The van der Waals surface area contributed by atoms with Crippen LogP contribution in [-0.4, -0.2) is 39.8 Å². The van der Waals surface area contributed by atoms with Gasteiger partial charge in [-0.05, 0) is 36.4 Å². The highest BCUT2D eigenvalue weighted by Gasteiger charge is 2.15. The van der Waals surface area contributed by atoms with Gasteiger partial charge in [0.25, 0.3) is 0 Å². The molecule has 0 unspecified atom stereocenters. The zero-order valence-electron chi connectivity index (χ0n) is 16.7. The van der Waals surface area contributed by atoms with Gasteiger partial charge in [-0.2, -0.15) is 10.2 Å². The van der Waals surface area contributed by atoms with Crippen molar-refractivity contribution in [2.75, 3.05) is 25.6 Å². The van der Waals surface area contributed by atoms with Crippen LogP contribution in [0.5, 0.6) is 0 Å². The van der Waals surface area contributed by atoms with Crippen LogP contribution in [-0.2, 0) is 17.7 Å². The first-order valence-corrected chi connectivity index (χ1v) is 10.7. The standard InChI is InChI=1S/C22H22N6OS/c1-29-11-4-10-28-20(17-6-2-5-16(13-17)14-23)26-19-15-25-22(27-21(19)28)24-9-8-18-7-3-12-30-18/h2-3,5-7,12-13,15H,4,8-11H2,1H3,(H,24,25,27). The summed E-state index contributed by atoms with van der Waals surface area (Å²) in [6, 6.07) is 13.8. The number of methoxy groups -OCH3 is 1. The van der Waals surface area contributed by atoms with Gasteiger partial charge in [0.2, 0.25) is 5.95 Å². The molecular weight excluding hydrogens is 396 g/mol. The van der Waals surface area contributed by atoms with E-state index in [9.17, 15) is 5.26 Å². The Kier molecular flexibility index (Phi) is 6.32. The molecule has 1 N–H and O–H groups in total. The molecule has 3 heterocycles. The monoisotopic (exact) mass is 418 g/mol. The van der Waals surface area contributed by atoms with Crippen LogP contribution in [0.2, 0.25) is 0 Å². The SMILES string of the molecule is COCCCn1c(-c2cccc(C#N)c2)nc2cnc(NCCc3cccs3)nc21. The van der Waals surface area contributed by atoms with E-state index in [1.165, 1.54) is 4.88 Å².